The van der Waals surface area contributed by atoms with Crippen LogP contribution in [-0.4, -0.2) is 43.5 Å². The van der Waals surface area contributed by atoms with Gasteiger partial charge in [-0.25, -0.2) is 0 Å². The molecule has 1 N–H and O–H groups in total. The van der Waals surface area contributed by atoms with Crippen LogP contribution in [0.15, 0.2) is 30.3 Å². The van der Waals surface area contributed by atoms with Crippen LogP contribution in [0, 0.1) is 5.92 Å². The molecule has 0 saturated heterocycles. The third-order valence-corrected chi connectivity index (χ3v) is 4.21. The fourth-order valence-electron chi connectivity index (χ4n) is 2.41. The molecule has 0 atom stereocenters. The molecule has 5 heteroatoms. The highest BCUT2D eigenvalue weighted by atomic mass is 16.5. The Bertz CT molecular complexity index is 500. The molecule has 23 heavy (non-hydrogen) atoms. The van der Waals surface area contributed by atoms with Crippen molar-refractivity contribution in [1.29, 1.82) is 0 Å². The summed E-state index contributed by atoms with van der Waals surface area (Å²) in [5, 5.41) is 2.94. The SMILES string of the molecule is CN(CCCNC(=O)C1CCC1)C(=O)COCc1ccccc1. The Hall–Kier alpha value is -1.88. The van der Waals surface area contributed by atoms with Crippen LogP contribution in [0.3, 0.4) is 0 Å². The molecular formula is C18H26N2O3. The first-order chi connectivity index (χ1) is 11.2. The van der Waals surface area contributed by atoms with Crippen molar-refractivity contribution in [2.75, 3.05) is 26.7 Å². The lowest BCUT2D eigenvalue weighted by atomic mass is 9.85. The number of nitrogens with one attached hydrogen (secondary N) is 1. The van der Waals surface area contributed by atoms with E-state index in [4.69, 9.17) is 4.74 Å². The van der Waals surface area contributed by atoms with Crippen molar-refractivity contribution in [3.8, 4) is 0 Å². The van der Waals surface area contributed by atoms with E-state index in [2.05, 4.69) is 5.32 Å². The molecule has 0 aliphatic heterocycles. The monoisotopic (exact) mass is 318 g/mol. The minimum atomic E-state index is -0.0359. The third-order valence-electron chi connectivity index (χ3n) is 4.21. The molecule has 126 valence electrons. The average molecular weight is 318 g/mol. The van der Waals surface area contributed by atoms with Crippen LogP contribution in [0.25, 0.3) is 0 Å². The van der Waals surface area contributed by atoms with E-state index in [0.717, 1.165) is 31.2 Å². The average Bonchev–Trinajstić information content (AvgIpc) is 2.50. The first kappa shape index (κ1) is 17.5. The molecule has 1 aromatic rings. The Morgan fingerprint density at radius 3 is 2.65 bits per heavy atom. The van der Waals surface area contributed by atoms with Crippen LogP contribution in [0.4, 0.5) is 0 Å². The summed E-state index contributed by atoms with van der Waals surface area (Å²) < 4.78 is 5.44. The largest absolute Gasteiger partial charge is 0.367 e. The van der Waals surface area contributed by atoms with Crippen LogP contribution in [0.2, 0.25) is 0 Å². The fraction of sp³-hybridized carbons (Fsp3) is 0.556. The van der Waals surface area contributed by atoms with Gasteiger partial charge in [-0.05, 0) is 24.8 Å². The summed E-state index contributed by atoms with van der Waals surface area (Å²) in [5.41, 5.74) is 1.06. The third kappa shape index (κ3) is 6.02. The van der Waals surface area contributed by atoms with Gasteiger partial charge < -0.3 is 15.0 Å². The Morgan fingerprint density at radius 2 is 2.00 bits per heavy atom. The molecule has 0 bridgehead atoms. The van der Waals surface area contributed by atoms with E-state index in [1.54, 1.807) is 11.9 Å². The zero-order valence-corrected chi connectivity index (χ0v) is 13.8. The van der Waals surface area contributed by atoms with Crippen LogP contribution in [0.1, 0.15) is 31.2 Å². The maximum atomic E-state index is 11.9. The maximum Gasteiger partial charge on any atom is 0.248 e. The van der Waals surface area contributed by atoms with E-state index in [1.807, 2.05) is 30.3 Å². The number of hydrogen-bond acceptors (Lipinski definition) is 3. The van der Waals surface area contributed by atoms with Crippen molar-refractivity contribution < 1.29 is 14.3 Å². The predicted octanol–water partition coefficient (Wildman–Crippen LogP) is 1.97. The molecule has 1 aromatic carbocycles. The van der Waals surface area contributed by atoms with E-state index in [-0.39, 0.29) is 24.3 Å². The van der Waals surface area contributed by atoms with Crippen LogP contribution < -0.4 is 5.32 Å². The minimum Gasteiger partial charge on any atom is -0.367 e. The van der Waals surface area contributed by atoms with Crippen LogP contribution in [-0.2, 0) is 20.9 Å². The summed E-state index contributed by atoms with van der Waals surface area (Å²) in [6, 6.07) is 9.79. The molecule has 2 amide bonds. The number of likely N-dealkylation sites (N-methyl/N-ethyl adjacent to an activating group) is 1. The van der Waals surface area contributed by atoms with Crippen molar-refractivity contribution >= 4 is 11.8 Å². The van der Waals surface area contributed by atoms with E-state index < -0.39 is 0 Å². The quantitative estimate of drug-likeness (QED) is 0.708. The first-order valence-electron chi connectivity index (χ1n) is 8.30. The highest BCUT2D eigenvalue weighted by Gasteiger charge is 2.24. The Balaban J connectivity index is 1.53. The summed E-state index contributed by atoms with van der Waals surface area (Å²) in [6.45, 7) is 1.77. The van der Waals surface area contributed by atoms with Crippen LogP contribution >= 0.6 is 0 Å². The molecule has 0 unspecified atom stereocenters. The van der Waals surface area contributed by atoms with Gasteiger partial charge in [0.2, 0.25) is 11.8 Å². The highest BCUT2D eigenvalue weighted by Crippen LogP contribution is 2.25. The Labute approximate surface area is 138 Å². The van der Waals surface area contributed by atoms with Gasteiger partial charge in [-0.2, -0.15) is 0 Å². The summed E-state index contributed by atoms with van der Waals surface area (Å²) in [4.78, 5) is 25.3. The second-order valence-corrected chi connectivity index (χ2v) is 6.07. The van der Waals surface area contributed by atoms with Gasteiger partial charge in [0.05, 0.1) is 6.61 Å². The molecule has 1 fully saturated rings. The maximum absolute atomic E-state index is 11.9. The zero-order valence-electron chi connectivity index (χ0n) is 13.8. The lowest BCUT2D eigenvalue weighted by molar-refractivity contribution is -0.135. The molecule has 2 rings (SSSR count). The highest BCUT2D eigenvalue weighted by molar-refractivity contribution is 5.79. The number of benzene rings is 1. The van der Waals surface area contributed by atoms with Gasteiger partial charge in [0.1, 0.15) is 6.61 Å². The molecule has 1 saturated carbocycles. The lowest BCUT2D eigenvalue weighted by Crippen LogP contribution is -2.37. The van der Waals surface area contributed by atoms with E-state index in [1.165, 1.54) is 0 Å². The van der Waals surface area contributed by atoms with Crippen molar-refractivity contribution in [3.05, 3.63) is 35.9 Å². The molecule has 1 aliphatic carbocycles. The summed E-state index contributed by atoms with van der Waals surface area (Å²) in [6.07, 6.45) is 3.96. The van der Waals surface area contributed by atoms with E-state index in [9.17, 15) is 9.59 Å². The standard InChI is InChI=1S/C18H26N2O3/c1-20(12-6-11-19-18(22)16-9-5-10-16)17(21)14-23-13-15-7-3-2-4-8-15/h2-4,7-8,16H,5-6,9-14H2,1H3,(H,19,22). The number of nitrogens with zero attached hydrogens (tertiary/aromatic N) is 1. The topological polar surface area (TPSA) is 58.6 Å². The van der Waals surface area contributed by atoms with Gasteiger partial charge in [0.25, 0.3) is 0 Å². The Kier molecular flexibility index (Phi) is 7.07. The number of rotatable bonds is 9. The first-order valence-corrected chi connectivity index (χ1v) is 8.30. The van der Waals surface area contributed by atoms with Gasteiger partial charge in [0, 0.05) is 26.1 Å². The smallest absolute Gasteiger partial charge is 0.248 e. The molecule has 0 radical (unpaired) electrons. The van der Waals surface area contributed by atoms with E-state index in [0.29, 0.717) is 19.7 Å². The van der Waals surface area contributed by atoms with E-state index >= 15 is 0 Å². The summed E-state index contributed by atoms with van der Waals surface area (Å²) in [5.74, 6) is 0.350. The number of carbonyl (C=O) groups excluding carboxylic acids is 2. The molecule has 0 aromatic heterocycles. The summed E-state index contributed by atoms with van der Waals surface area (Å²) >= 11 is 0. The minimum absolute atomic E-state index is 0.0359. The second-order valence-electron chi connectivity index (χ2n) is 6.07. The Morgan fingerprint density at radius 1 is 1.26 bits per heavy atom. The molecule has 5 nitrogen and oxygen atoms in total. The number of carbonyl (C=O) groups is 2. The van der Waals surface area contributed by atoms with Gasteiger partial charge in [0.15, 0.2) is 0 Å². The fourth-order valence-corrected chi connectivity index (χ4v) is 2.41. The number of amides is 2. The summed E-state index contributed by atoms with van der Waals surface area (Å²) in [7, 11) is 1.77. The second kappa shape index (κ2) is 9.30. The van der Waals surface area contributed by atoms with Crippen molar-refractivity contribution in [2.24, 2.45) is 5.92 Å². The number of hydrogen-bond donors (Lipinski definition) is 1. The zero-order chi connectivity index (χ0) is 16.5. The van der Waals surface area contributed by atoms with Crippen molar-refractivity contribution in [1.82, 2.24) is 10.2 Å². The van der Waals surface area contributed by atoms with Crippen molar-refractivity contribution in [3.63, 3.8) is 0 Å². The van der Waals surface area contributed by atoms with Gasteiger partial charge in [-0.1, -0.05) is 36.8 Å². The molecule has 0 spiro atoms. The lowest BCUT2D eigenvalue weighted by Gasteiger charge is -2.24. The van der Waals surface area contributed by atoms with Gasteiger partial charge in [-0.3, -0.25) is 9.59 Å². The normalized spacial score (nSPS) is 14.1. The number of ether oxygens (including phenoxy) is 1. The van der Waals surface area contributed by atoms with Gasteiger partial charge >= 0.3 is 0 Å². The van der Waals surface area contributed by atoms with Crippen LogP contribution in [0.5, 0.6) is 0 Å². The van der Waals surface area contributed by atoms with Crippen molar-refractivity contribution in [2.45, 2.75) is 32.3 Å². The van der Waals surface area contributed by atoms with Gasteiger partial charge in [-0.15, -0.1) is 0 Å². The predicted molar refractivity (Wildman–Crippen MR) is 88.7 cm³/mol. The molecular weight excluding hydrogens is 292 g/mol. The molecule has 1 aliphatic rings. The molecule has 0 heterocycles.